The number of nitrogens with one attached hydrogen (secondary N) is 1. The fraction of sp³-hybridized carbons (Fsp3) is 0.273. The van der Waals surface area contributed by atoms with Gasteiger partial charge in [-0.1, -0.05) is 37.3 Å². The molecule has 0 bridgehead atoms. The van der Waals surface area contributed by atoms with Crippen LogP contribution >= 0.6 is 0 Å². The summed E-state index contributed by atoms with van der Waals surface area (Å²) in [6.45, 7) is 1.34. The molecule has 1 atom stereocenters. The monoisotopic (exact) mass is 413 g/mol. The number of esters is 3. The second-order valence-electron chi connectivity index (χ2n) is 6.31. The van der Waals surface area contributed by atoms with Crippen LogP contribution in [0.2, 0.25) is 0 Å². The SMILES string of the molecule is CC[C@@H](C(=O)OCC(=O)Nc1cc(C(=O)OC)cc(C(=O)OC)c1)c1ccccc1. The summed E-state index contributed by atoms with van der Waals surface area (Å²) in [4.78, 5) is 48.2. The maximum Gasteiger partial charge on any atom is 0.337 e. The lowest BCUT2D eigenvalue weighted by molar-refractivity contribution is -0.149. The second-order valence-corrected chi connectivity index (χ2v) is 6.31. The molecule has 0 spiro atoms. The van der Waals surface area contributed by atoms with Crippen molar-refractivity contribution in [3.8, 4) is 0 Å². The van der Waals surface area contributed by atoms with Gasteiger partial charge >= 0.3 is 17.9 Å². The number of amides is 1. The molecule has 8 heteroatoms. The highest BCUT2D eigenvalue weighted by molar-refractivity contribution is 6.00. The van der Waals surface area contributed by atoms with Crippen molar-refractivity contribution in [3.05, 3.63) is 65.2 Å². The van der Waals surface area contributed by atoms with Crippen LogP contribution in [-0.2, 0) is 23.8 Å². The predicted octanol–water partition coefficient (Wildman–Crippen LogP) is 2.94. The number of ether oxygens (including phenoxy) is 3. The minimum atomic E-state index is -0.684. The van der Waals surface area contributed by atoms with Crippen LogP contribution in [0.5, 0.6) is 0 Å². The van der Waals surface area contributed by atoms with Crippen LogP contribution < -0.4 is 5.32 Å². The van der Waals surface area contributed by atoms with Gasteiger partial charge in [-0.2, -0.15) is 0 Å². The van der Waals surface area contributed by atoms with Crippen molar-refractivity contribution in [2.75, 3.05) is 26.1 Å². The topological polar surface area (TPSA) is 108 Å². The zero-order valence-corrected chi connectivity index (χ0v) is 17.0. The molecule has 158 valence electrons. The fourth-order valence-corrected chi connectivity index (χ4v) is 2.83. The van der Waals surface area contributed by atoms with E-state index in [1.807, 2.05) is 37.3 Å². The minimum Gasteiger partial charge on any atom is -0.465 e. The van der Waals surface area contributed by atoms with Gasteiger partial charge in [-0.3, -0.25) is 9.59 Å². The molecule has 0 saturated carbocycles. The van der Waals surface area contributed by atoms with Crippen LogP contribution in [-0.4, -0.2) is 44.6 Å². The van der Waals surface area contributed by atoms with Crippen molar-refractivity contribution in [3.63, 3.8) is 0 Å². The van der Waals surface area contributed by atoms with Crippen LogP contribution in [0.3, 0.4) is 0 Å². The second kappa shape index (κ2) is 10.8. The smallest absolute Gasteiger partial charge is 0.337 e. The summed E-state index contributed by atoms with van der Waals surface area (Å²) in [5, 5.41) is 2.50. The van der Waals surface area contributed by atoms with Gasteiger partial charge in [0.1, 0.15) is 0 Å². The highest BCUT2D eigenvalue weighted by atomic mass is 16.5. The van der Waals surface area contributed by atoms with Crippen LogP contribution in [0.1, 0.15) is 45.5 Å². The van der Waals surface area contributed by atoms with E-state index in [0.717, 1.165) is 5.56 Å². The predicted molar refractivity (Wildman–Crippen MR) is 108 cm³/mol. The third-order valence-corrected chi connectivity index (χ3v) is 4.30. The number of benzene rings is 2. The first kappa shape index (κ1) is 22.6. The van der Waals surface area contributed by atoms with Crippen LogP contribution in [0.25, 0.3) is 0 Å². The largest absolute Gasteiger partial charge is 0.465 e. The Hall–Kier alpha value is -3.68. The Balaban J connectivity index is 2.07. The molecule has 0 aliphatic heterocycles. The van der Waals surface area contributed by atoms with E-state index in [2.05, 4.69) is 14.8 Å². The van der Waals surface area contributed by atoms with Crippen molar-refractivity contribution >= 4 is 29.5 Å². The van der Waals surface area contributed by atoms with Crippen molar-refractivity contribution in [2.24, 2.45) is 0 Å². The maximum absolute atomic E-state index is 12.4. The Morgan fingerprint density at radius 2 is 1.47 bits per heavy atom. The molecule has 2 rings (SSSR count). The molecular formula is C22H23NO7. The minimum absolute atomic E-state index is 0.0582. The number of carbonyl (C=O) groups is 4. The number of hydrogen-bond acceptors (Lipinski definition) is 7. The van der Waals surface area contributed by atoms with Gasteiger partial charge in [0.05, 0.1) is 31.3 Å². The fourth-order valence-electron chi connectivity index (χ4n) is 2.83. The standard InChI is InChI=1S/C22H23NO7/c1-4-18(14-8-6-5-7-9-14)22(27)30-13-19(24)23-17-11-15(20(25)28-2)10-16(12-17)21(26)29-3/h5-12,18H,4,13H2,1-3H3,(H,23,24)/t18-/m1/s1. The molecule has 0 aromatic heterocycles. The summed E-state index contributed by atoms with van der Waals surface area (Å²) in [6.07, 6.45) is 0.522. The molecule has 1 amide bonds. The number of carbonyl (C=O) groups excluding carboxylic acids is 4. The average Bonchev–Trinajstić information content (AvgIpc) is 2.77. The molecule has 30 heavy (non-hydrogen) atoms. The van der Waals surface area contributed by atoms with E-state index in [1.54, 1.807) is 0 Å². The number of rotatable bonds is 8. The Morgan fingerprint density at radius 1 is 0.900 bits per heavy atom. The van der Waals surface area contributed by atoms with Crippen molar-refractivity contribution in [1.29, 1.82) is 0 Å². The summed E-state index contributed by atoms with van der Waals surface area (Å²) in [7, 11) is 2.39. The van der Waals surface area contributed by atoms with Gasteiger partial charge in [-0.15, -0.1) is 0 Å². The number of anilines is 1. The van der Waals surface area contributed by atoms with Crippen molar-refractivity contribution < 1.29 is 33.4 Å². The molecule has 0 radical (unpaired) electrons. The summed E-state index contributed by atoms with van der Waals surface area (Å²) in [5.74, 6) is -2.98. The van der Waals surface area contributed by atoms with E-state index in [-0.39, 0.29) is 16.8 Å². The van der Waals surface area contributed by atoms with Gasteiger partial charge in [-0.05, 0) is 30.2 Å². The van der Waals surface area contributed by atoms with Crippen molar-refractivity contribution in [1.82, 2.24) is 0 Å². The third kappa shape index (κ3) is 5.91. The number of methoxy groups -OCH3 is 2. The molecule has 2 aromatic carbocycles. The molecular weight excluding hydrogens is 390 g/mol. The molecule has 0 heterocycles. The van der Waals surface area contributed by atoms with E-state index >= 15 is 0 Å². The first-order valence-electron chi connectivity index (χ1n) is 9.22. The van der Waals surface area contributed by atoms with Crippen LogP contribution in [0.15, 0.2) is 48.5 Å². The lowest BCUT2D eigenvalue weighted by atomic mass is 9.97. The Morgan fingerprint density at radius 3 is 1.97 bits per heavy atom. The molecule has 2 aromatic rings. The van der Waals surface area contributed by atoms with E-state index in [4.69, 9.17) is 4.74 Å². The highest BCUT2D eigenvalue weighted by Gasteiger charge is 2.21. The zero-order chi connectivity index (χ0) is 22.1. The lowest BCUT2D eigenvalue weighted by Crippen LogP contribution is -2.24. The molecule has 0 unspecified atom stereocenters. The molecule has 1 N–H and O–H groups in total. The molecule has 0 aliphatic rings. The average molecular weight is 413 g/mol. The molecule has 0 aliphatic carbocycles. The Kier molecular flexibility index (Phi) is 8.10. The molecule has 8 nitrogen and oxygen atoms in total. The Labute approximate surface area is 174 Å². The van der Waals surface area contributed by atoms with Crippen LogP contribution in [0, 0.1) is 0 Å². The lowest BCUT2D eigenvalue weighted by Gasteiger charge is -2.15. The first-order chi connectivity index (χ1) is 14.4. The zero-order valence-electron chi connectivity index (χ0n) is 17.0. The maximum atomic E-state index is 12.4. The summed E-state index contributed by atoms with van der Waals surface area (Å²) >= 11 is 0. The van der Waals surface area contributed by atoms with E-state index < -0.39 is 36.3 Å². The van der Waals surface area contributed by atoms with Gasteiger partial charge in [0.2, 0.25) is 0 Å². The summed E-state index contributed by atoms with van der Waals surface area (Å²) in [5.41, 5.74) is 1.08. The summed E-state index contributed by atoms with van der Waals surface area (Å²) in [6, 6.07) is 13.1. The van der Waals surface area contributed by atoms with Gasteiger partial charge in [0.25, 0.3) is 5.91 Å². The van der Waals surface area contributed by atoms with E-state index in [1.165, 1.54) is 32.4 Å². The quantitative estimate of drug-likeness (QED) is 0.524. The van der Waals surface area contributed by atoms with Gasteiger partial charge < -0.3 is 19.5 Å². The van der Waals surface area contributed by atoms with Crippen molar-refractivity contribution in [2.45, 2.75) is 19.3 Å². The third-order valence-electron chi connectivity index (χ3n) is 4.30. The van der Waals surface area contributed by atoms with Gasteiger partial charge in [0.15, 0.2) is 6.61 Å². The normalized spacial score (nSPS) is 11.2. The number of hydrogen-bond donors (Lipinski definition) is 1. The van der Waals surface area contributed by atoms with Crippen LogP contribution in [0.4, 0.5) is 5.69 Å². The van der Waals surface area contributed by atoms with E-state index in [0.29, 0.717) is 6.42 Å². The van der Waals surface area contributed by atoms with Gasteiger partial charge in [0, 0.05) is 5.69 Å². The Bertz CT molecular complexity index is 890. The first-order valence-corrected chi connectivity index (χ1v) is 9.22. The summed E-state index contributed by atoms with van der Waals surface area (Å²) < 4.78 is 14.4. The van der Waals surface area contributed by atoms with E-state index in [9.17, 15) is 19.2 Å². The highest BCUT2D eigenvalue weighted by Crippen LogP contribution is 2.21. The molecule has 0 saturated heterocycles. The van der Waals surface area contributed by atoms with Gasteiger partial charge in [-0.25, -0.2) is 9.59 Å². The molecule has 0 fully saturated rings.